The molecule has 182 valence electrons. The highest BCUT2D eigenvalue weighted by Crippen LogP contribution is 2.25. The molecule has 0 saturated heterocycles. The van der Waals surface area contributed by atoms with E-state index in [4.69, 9.17) is 4.18 Å². The van der Waals surface area contributed by atoms with Crippen molar-refractivity contribution in [1.82, 2.24) is 9.80 Å². The van der Waals surface area contributed by atoms with E-state index in [1.807, 2.05) is 60.7 Å². The van der Waals surface area contributed by atoms with Crippen LogP contribution in [-0.2, 0) is 27.4 Å². The Balaban J connectivity index is 1.63. The number of hydrogen-bond donors (Lipinski definition) is 0. The molecule has 0 radical (unpaired) electrons. The first-order valence-electron chi connectivity index (χ1n) is 11.4. The largest absolute Gasteiger partial charge is 0.290 e. The lowest BCUT2D eigenvalue weighted by molar-refractivity contribution is 0.0552. The third kappa shape index (κ3) is 6.42. The van der Waals surface area contributed by atoms with Crippen LogP contribution in [0.1, 0.15) is 38.3 Å². The van der Waals surface area contributed by atoms with E-state index in [1.54, 1.807) is 24.3 Å². The number of nitrogens with zero attached hydrogens (tertiary/aromatic N) is 2. The van der Waals surface area contributed by atoms with Crippen molar-refractivity contribution in [1.29, 1.82) is 0 Å². The summed E-state index contributed by atoms with van der Waals surface area (Å²) < 4.78 is 28.3. The fraction of sp³-hybridized carbons (Fsp3) is 0.259. The molecule has 8 heteroatoms. The molecule has 3 aromatic carbocycles. The molecular weight excluding hydrogens is 464 g/mol. The predicted molar refractivity (Wildman–Crippen MR) is 133 cm³/mol. The normalized spacial score (nSPS) is 14.4. The minimum absolute atomic E-state index is 0.0489. The van der Waals surface area contributed by atoms with Crippen molar-refractivity contribution >= 4 is 21.9 Å². The third-order valence-electron chi connectivity index (χ3n) is 5.99. The van der Waals surface area contributed by atoms with Crippen LogP contribution in [0.15, 0.2) is 84.9 Å². The molecule has 35 heavy (non-hydrogen) atoms. The lowest BCUT2D eigenvalue weighted by Gasteiger charge is -2.34. The smallest absolute Gasteiger partial charge is 0.264 e. The van der Waals surface area contributed by atoms with Crippen molar-refractivity contribution in [2.75, 3.05) is 19.4 Å². The van der Waals surface area contributed by atoms with Crippen LogP contribution >= 0.6 is 0 Å². The number of amides is 2. The Morgan fingerprint density at radius 1 is 0.771 bits per heavy atom. The zero-order chi connectivity index (χ0) is 24.8. The van der Waals surface area contributed by atoms with E-state index in [2.05, 4.69) is 4.90 Å². The molecule has 0 unspecified atom stereocenters. The SMILES string of the molecule is CS(=O)(=O)OCC[C@H](CN1C(=O)c2ccccc2C1=O)N(Cc1ccccc1)Cc1ccccc1. The first kappa shape index (κ1) is 24.8. The summed E-state index contributed by atoms with van der Waals surface area (Å²) in [6, 6.07) is 26.3. The highest BCUT2D eigenvalue weighted by atomic mass is 32.2. The number of imide groups is 1. The van der Waals surface area contributed by atoms with Crippen molar-refractivity contribution < 1.29 is 22.2 Å². The van der Waals surface area contributed by atoms with E-state index >= 15 is 0 Å². The second-order valence-corrected chi connectivity index (χ2v) is 10.3. The number of hydrogen-bond acceptors (Lipinski definition) is 6. The van der Waals surface area contributed by atoms with E-state index in [-0.39, 0.29) is 31.0 Å². The van der Waals surface area contributed by atoms with Crippen LogP contribution in [0, 0.1) is 0 Å². The molecular formula is C27H28N2O5S. The number of fused-ring (bicyclic) bond motifs is 1. The molecule has 4 rings (SSSR count). The van der Waals surface area contributed by atoms with Gasteiger partial charge in [-0.25, -0.2) is 0 Å². The second-order valence-electron chi connectivity index (χ2n) is 8.61. The molecule has 1 aliphatic heterocycles. The Kier molecular flexibility index (Phi) is 7.75. The molecule has 0 aliphatic carbocycles. The van der Waals surface area contributed by atoms with E-state index in [1.165, 1.54) is 4.90 Å². The number of benzene rings is 3. The number of rotatable bonds is 11. The molecule has 1 atom stereocenters. The fourth-order valence-electron chi connectivity index (χ4n) is 4.29. The van der Waals surface area contributed by atoms with Gasteiger partial charge in [-0.05, 0) is 29.7 Å². The van der Waals surface area contributed by atoms with E-state index in [9.17, 15) is 18.0 Å². The van der Waals surface area contributed by atoms with Gasteiger partial charge in [-0.3, -0.25) is 23.6 Å². The van der Waals surface area contributed by atoms with Crippen LogP contribution < -0.4 is 0 Å². The molecule has 0 N–H and O–H groups in total. The van der Waals surface area contributed by atoms with Gasteiger partial charge in [-0.2, -0.15) is 8.42 Å². The van der Waals surface area contributed by atoms with Crippen LogP contribution in [0.4, 0.5) is 0 Å². The van der Waals surface area contributed by atoms with Crippen molar-refractivity contribution in [3.8, 4) is 0 Å². The Morgan fingerprint density at radius 2 is 1.23 bits per heavy atom. The lowest BCUT2D eigenvalue weighted by atomic mass is 10.1. The minimum atomic E-state index is -3.62. The molecule has 0 bridgehead atoms. The highest BCUT2D eigenvalue weighted by molar-refractivity contribution is 7.85. The lowest BCUT2D eigenvalue weighted by Crippen LogP contribution is -2.46. The van der Waals surface area contributed by atoms with Crippen molar-refractivity contribution in [3.05, 3.63) is 107 Å². The third-order valence-corrected chi connectivity index (χ3v) is 6.59. The average Bonchev–Trinajstić information content (AvgIpc) is 3.08. The van der Waals surface area contributed by atoms with Gasteiger partial charge >= 0.3 is 0 Å². The molecule has 0 saturated carbocycles. The van der Waals surface area contributed by atoms with Gasteiger partial charge in [0.25, 0.3) is 21.9 Å². The molecule has 2 amide bonds. The zero-order valence-electron chi connectivity index (χ0n) is 19.5. The number of carbonyl (C=O) groups excluding carboxylic acids is 2. The Morgan fingerprint density at radius 3 is 1.69 bits per heavy atom. The Labute approximate surface area is 206 Å². The molecule has 1 heterocycles. The summed E-state index contributed by atoms with van der Waals surface area (Å²) in [5.41, 5.74) is 2.92. The van der Waals surface area contributed by atoms with E-state index in [0.717, 1.165) is 17.4 Å². The molecule has 0 spiro atoms. The van der Waals surface area contributed by atoms with Gasteiger partial charge in [0.1, 0.15) is 0 Å². The summed E-state index contributed by atoms with van der Waals surface area (Å²) in [5.74, 6) is -0.669. The summed E-state index contributed by atoms with van der Waals surface area (Å²) >= 11 is 0. The van der Waals surface area contributed by atoms with Gasteiger partial charge < -0.3 is 0 Å². The summed E-state index contributed by atoms with van der Waals surface area (Å²) in [5, 5.41) is 0. The standard InChI is InChI=1S/C27H28N2O5S/c1-35(32,33)34-17-16-23(20-29-26(30)24-14-8-9-15-25(24)27(29)31)28(18-21-10-4-2-5-11-21)19-22-12-6-3-7-13-22/h2-15,23H,16-20H2,1H3/t23-/m1/s1. The van der Waals surface area contributed by atoms with Gasteiger partial charge in [0.05, 0.1) is 24.0 Å². The monoisotopic (exact) mass is 492 g/mol. The van der Waals surface area contributed by atoms with Crippen LogP contribution in [-0.4, -0.2) is 55.5 Å². The van der Waals surface area contributed by atoms with Crippen LogP contribution in [0.3, 0.4) is 0 Å². The Hall–Kier alpha value is -3.33. The Bertz CT molecular complexity index is 1200. The summed E-state index contributed by atoms with van der Waals surface area (Å²) in [4.78, 5) is 29.6. The quantitative estimate of drug-likeness (QED) is 0.300. The summed E-state index contributed by atoms with van der Waals surface area (Å²) in [6.07, 6.45) is 1.33. The molecule has 3 aromatic rings. The van der Waals surface area contributed by atoms with Crippen LogP contribution in [0.5, 0.6) is 0 Å². The fourth-order valence-corrected chi connectivity index (χ4v) is 4.69. The first-order valence-corrected chi connectivity index (χ1v) is 13.2. The maximum atomic E-state index is 13.1. The maximum Gasteiger partial charge on any atom is 0.264 e. The van der Waals surface area contributed by atoms with E-state index < -0.39 is 10.1 Å². The number of carbonyl (C=O) groups is 2. The minimum Gasteiger partial charge on any atom is -0.290 e. The predicted octanol–water partition coefficient (Wildman–Crippen LogP) is 3.72. The maximum absolute atomic E-state index is 13.1. The van der Waals surface area contributed by atoms with Crippen molar-refractivity contribution in [2.45, 2.75) is 25.6 Å². The first-order chi connectivity index (χ1) is 16.8. The average molecular weight is 493 g/mol. The van der Waals surface area contributed by atoms with Gasteiger partial charge in [0.2, 0.25) is 0 Å². The van der Waals surface area contributed by atoms with Crippen molar-refractivity contribution in [3.63, 3.8) is 0 Å². The summed E-state index contributed by atoms with van der Waals surface area (Å²) in [7, 11) is -3.62. The summed E-state index contributed by atoms with van der Waals surface area (Å²) in [6.45, 7) is 1.19. The zero-order valence-corrected chi connectivity index (χ0v) is 20.4. The van der Waals surface area contributed by atoms with Gasteiger partial charge in [0.15, 0.2) is 0 Å². The topological polar surface area (TPSA) is 84.0 Å². The van der Waals surface area contributed by atoms with E-state index in [0.29, 0.717) is 30.6 Å². The highest BCUT2D eigenvalue weighted by Gasteiger charge is 2.37. The molecule has 0 fully saturated rings. The van der Waals surface area contributed by atoms with Gasteiger partial charge in [-0.15, -0.1) is 0 Å². The van der Waals surface area contributed by atoms with Crippen LogP contribution in [0.25, 0.3) is 0 Å². The van der Waals surface area contributed by atoms with Crippen molar-refractivity contribution in [2.24, 2.45) is 0 Å². The van der Waals surface area contributed by atoms with Gasteiger partial charge in [-0.1, -0.05) is 72.8 Å². The van der Waals surface area contributed by atoms with Crippen LogP contribution in [0.2, 0.25) is 0 Å². The molecule has 7 nitrogen and oxygen atoms in total. The van der Waals surface area contributed by atoms with Gasteiger partial charge in [0, 0.05) is 25.7 Å². The molecule has 0 aromatic heterocycles. The molecule has 1 aliphatic rings. The second kappa shape index (κ2) is 10.9.